The number of aliphatic hydroxyl groups is 1. The summed E-state index contributed by atoms with van der Waals surface area (Å²) in [5, 5.41) is 29.9. The van der Waals surface area contributed by atoms with Gasteiger partial charge in [-0.3, -0.25) is 19.4 Å². The van der Waals surface area contributed by atoms with Crippen LogP contribution in [0.3, 0.4) is 0 Å². The molecule has 0 radical (unpaired) electrons. The van der Waals surface area contributed by atoms with Crippen molar-refractivity contribution in [1.82, 2.24) is 30.3 Å². The molecule has 5 aliphatic carbocycles. The van der Waals surface area contributed by atoms with Crippen molar-refractivity contribution in [3.8, 4) is 0 Å². The van der Waals surface area contributed by atoms with Crippen molar-refractivity contribution < 1.29 is 19.4 Å². The van der Waals surface area contributed by atoms with Crippen LogP contribution in [0.1, 0.15) is 70.8 Å². The third-order valence-electron chi connectivity index (χ3n) is 9.77. The van der Waals surface area contributed by atoms with Gasteiger partial charge in [-0.05, 0) is 81.1 Å². The van der Waals surface area contributed by atoms with Gasteiger partial charge in [0.15, 0.2) is 17.0 Å². The number of methoxy groups -OCH3 is 1. The van der Waals surface area contributed by atoms with Crippen molar-refractivity contribution in [2.24, 2.45) is 17.3 Å². The van der Waals surface area contributed by atoms with Gasteiger partial charge in [-0.25, -0.2) is 4.98 Å². The van der Waals surface area contributed by atoms with Crippen molar-refractivity contribution in [2.75, 3.05) is 12.4 Å². The quantitative estimate of drug-likeness (QED) is 0.386. The highest BCUT2D eigenvalue weighted by Gasteiger charge is 2.61. The van der Waals surface area contributed by atoms with Crippen molar-refractivity contribution in [2.45, 2.75) is 88.5 Å². The average molecular weight is 522 g/mol. The van der Waals surface area contributed by atoms with Gasteiger partial charge in [0.25, 0.3) is 0 Å². The van der Waals surface area contributed by atoms with Gasteiger partial charge in [-0.2, -0.15) is 0 Å². The van der Waals surface area contributed by atoms with Crippen molar-refractivity contribution in [3.63, 3.8) is 0 Å². The van der Waals surface area contributed by atoms with Crippen LogP contribution in [-0.2, 0) is 14.3 Å². The number of ether oxygens (including phenoxy) is 1. The molecule has 5 aliphatic rings. The lowest BCUT2D eigenvalue weighted by molar-refractivity contribution is -0.185. The van der Waals surface area contributed by atoms with E-state index in [0.717, 1.165) is 68.7 Å². The summed E-state index contributed by atoms with van der Waals surface area (Å²) in [5.74, 6) is -0.193. The summed E-state index contributed by atoms with van der Waals surface area (Å²) in [6.07, 6.45) is 9.77. The number of amides is 2. The Kier molecular flexibility index (Phi) is 5.36. The number of rotatable bonds is 4. The fraction of sp³-hybridized carbons (Fsp3) is 0.667. The van der Waals surface area contributed by atoms with Crippen LogP contribution in [0.5, 0.6) is 0 Å². The normalized spacial score (nSPS) is 36.1. The Hall–Kier alpha value is -3.05. The molecule has 38 heavy (non-hydrogen) atoms. The number of carbonyl (C=O) groups excluding carboxylic acids is 2. The highest BCUT2D eigenvalue weighted by molar-refractivity contribution is 6.40. The van der Waals surface area contributed by atoms with Crippen LogP contribution in [0.25, 0.3) is 22.1 Å². The molecule has 4 N–H and O–H groups in total. The van der Waals surface area contributed by atoms with Gasteiger partial charge >= 0.3 is 11.8 Å². The van der Waals surface area contributed by atoms with E-state index in [1.165, 1.54) is 0 Å². The SMILES string of the molecule is COC1CCC(NC(=O)C(=O)Nc2[nH]n(C3[C@@H]4CC5CC(O)(C4)C[C@]3(C)C5)c3c2nnc2nccc23)CC1. The van der Waals surface area contributed by atoms with Gasteiger partial charge in [-0.1, -0.05) is 6.92 Å². The molecule has 5 fully saturated rings. The summed E-state index contributed by atoms with van der Waals surface area (Å²) in [6, 6.07) is 1.97. The molecule has 202 valence electrons. The Morgan fingerprint density at radius 2 is 1.97 bits per heavy atom. The summed E-state index contributed by atoms with van der Waals surface area (Å²) in [6.45, 7) is 2.28. The summed E-state index contributed by atoms with van der Waals surface area (Å²) in [7, 11) is 1.71. The predicted octanol–water partition coefficient (Wildman–Crippen LogP) is 2.82. The Morgan fingerprint density at radius 3 is 2.71 bits per heavy atom. The molecule has 0 aliphatic heterocycles. The maximum atomic E-state index is 13.0. The Bertz CT molecular complexity index is 1430. The van der Waals surface area contributed by atoms with Crippen LogP contribution < -0.4 is 10.6 Å². The number of hydrogen-bond donors (Lipinski definition) is 4. The van der Waals surface area contributed by atoms with Gasteiger partial charge in [0.2, 0.25) is 0 Å². The number of fused-ring (bicyclic) bond motifs is 3. The van der Waals surface area contributed by atoms with Gasteiger partial charge in [0.05, 0.1) is 23.1 Å². The van der Waals surface area contributed by atoms with E-state index in [1.807, 2.05) is 6.07 Å². The van der Waals surface area contributed by atoms with E-state index in [0.29, 0.717) is 28.8 Å². The van der Waals surface area contributed by atoms with E-state index in [1.54, 1.807) is 13.3 Å². The zero-order valence-electron chi connectivity index (χ0n) is 21.9. The van der Waals surface area contributed by atoms with Crippen LogP contribution >= 0.6 is 0 Å². The van der Waals surface area contributed by atoms with Crippen LogP contribution in [0, 0.1) is 17.3 Å². The van der Waals surface area contributed by atoms with Crippen LogP contribution in [0.15, 0.2) is 12.3 Å². The molecule has 3 aromatic rings. The molecule has 8 rings (SSSR count). The summed E-state index contributed by atoms with van der Waals surface area (Å²) >= 11 is 0. The lowest BCUT2D eigenvalue weighted by Gasteiger charge is -2.63. The standard InChI is InChI=1S/C27H35N7O4/c1-26-10-14-9-15(12-27(37,11-14)13-26)21(26)34-20-18-7-8-28-22(18)32-31-19(20)23(33-34)30-25(36)24(35)29-16-3-5-17(38-2)6-4-16/h7-8,14-17,21,33,37H,3-6,9-13H2,1-2H3,(H,29,35)(H,30,36)/t14?,15-,16?,17?,21?,26+,27?/m1/s1. The number of aromatic nitrogens is 5. The molecular formula is C27H35N7O4. The number of carbonyl (C=O) groups is 2. The number of anilines is 1. The molecule has 11 heteroatoms. The molecule has 0 saturated heterocycles. The Balaban J connectivity index is 1.21. The minimum atomic E-state index is -0.734. The highest BCUT2D eigenvalue weighted by Crippen LogP contribution is 2.66. The summed E-state index contributed by atoms with van der Waals surface area (Å²) in [4.78, 5) is 30.2. The number of nitrogens with one attached hydrogen (secondary N) is 3. The smallest absolute Gasteiger partial charge is 0.314 e. The van der Waals surface area contributed by atoms with Crippen molar-refractivity contribution in [1.29, 1.82) is 0 Å². The van der Waals surface area contributed by atoms with E-state index in [4.69, 9.17) is 4.74 Å². The molecule has 4 bridgehead atoms. The van der Waals surface area contributed by atoms with E-state index >= 15 is 0 Å². The molecular weight excluding hydrogens is 486 g/mol. The third-order valence-corrected chi connectivity index (χ3v) is 9.77. The van der Waals surface area contributed by atoms with Crippen LogP contribution in [-0.4, -0.2) is 66.7 Å². The first-order chi connectivity index (χ1) is 18.2. The van der Waals surface area contributed by atoms with Gasteiger partial charge in [-0.15, -0.1) is 10.2 Å². The minimum absolute atomic E-state index is 0.0430. The molecule has 3 heterocycles. The Labute approximate surface area is 220 Å². The topological polar surface area (TPSA) is 147 Å². The van der Waals surface area contributed by atoms with E-state index in [-0.39, 0.29) is 23.6 Å². The van der Waals surface area contributed by atoms with E-state index in [2.05, 4.69) is 42.5 Å². The maximum Gasteiger partial charge on any atom is 0.314 e. The predicted molar refractivity (Wildman–Crippen MR) is 139 cm³/mol. The second-order valence-corrected chi connectivity index (χ2v) is 12.5. The number of hydrogen-bond acceptors (Lipinski definition) is 7. The number of nitrogens with zero attached hydrogens (tertiary/aromatic N) is 4. The lowest BCUT2D eigenvalue weighted by atomic mass is 9.46. The van der Waals surface area contributed by atoms with Crippen molar-refractivity contribution >= 4 is 39.7 Å². The zero-order chi connectivity index (χ0) is 26.2. The second-order valence-electron chi connectivity index (χ2n) is 12.5. The number of aromatic amines is 1. The molecule has 0 aromatic carbocycles. The molecule has 11 nitrogen and oxygen atoms in total. The molecule has 3 unspecified atom stereocenters. The summed E-state index contributed by atoms with van der Waals surface area (Å²) in [5.41, 5.74) is 1.18. The monoisotopic (exact) mass is 521 g/mol. The highest BCUT2D eigenvalue weighted by atomic mass is 16.5. The Morgan fingerprint density at radius 1 is 1.16 bits per heavy atom. The minimum Gasteiger partial charge on any atom is -0.390 e. The molecule has 5 atom stereocenters. The van der Waals surface area contributed by atoms with E-state index < -0.39 is 17.4 Å². The fourth-order valence-electron chi connectivity index (χ4n) is 8.71. The molecule has 5 saturated carbocycles. The second kappa shape index (κ2) is 8.47. The molecule has 0 spiro atoms. The van der Waals surface area contributed by atoms with E-state index in [9.17, 15) is 14.7 Å². The van der Waals surface area contributed by atoms with Crippen LogP contribution in [0.4, 0.5) is 5.82 Å². The van der Waals surface area contributed by atoms with Crippen molar-refractivity contribution in [3.05, 3.63) is 12.3 Å². The zero-order valence-corrected chi connectivity index (χ0v) is 21.9. The molecule has 2 amide bonds. The molecule has 3 aromatic heterocycles. The fourth-order valence-corrected chi connectivity index (χ4v) is 8.71. The maximum absolute atomic E-state index is 13.0. The first kappa shape index (κ1) is 24.0. The average Bonchev–Trinajstić information content (AvgIpc) is 3.47. The first-order valence-corrected chi connectivity index (χ1v) is 13.8. The van der Waals surface area contributed by atoms with Crippen LogP contribution in [0.2, 0.25) is 0 Å². The van der Waals surface area contributed by atoms with Gasteiger partial charge < -0.3 is 20.5 Å². The largest absolute Gasteiger partial charge is 0.390 e. The van der Waals surface area contributed by atoms with Gasteiger partial charge in [0, 0.05) is 19.3 Å². The number of H-pyrrole nitrogens is 1. The third kappa shape index (κ3) is 3.73. The van der Waals surface area contributed by atoms with Gasteiger partial charge in [0.1, 0.15) is 5.52 Å². The summed E-state index contributed by atoms with van der Waals surface area (Å²) < 4.78 is 7.53. The first-order valence-electron chi connectivity index (χ1n) is 13.8. The lowest BCUT2D eigenvalue weighted by Crippen LogP contribution is -2.59.